The molecule has 0 atom stereocenters. The molecule has 2 aromatic carbocycles. The minimum Gasteiger partial charge on any atom is -0.316 e. The van der Waals surface area contributed by atoms with Crippen LogP contribution in [0.3, 0.4) is 0 Å². The number of nitrogens with one attached hydrogen (secondary N) is 1. The summed E-state index contributed by atoms with van der Waals surface area (Å²) in [7, 11) is 1.92. The third-order valence-corrected chi connectivity index (χ3v) is 3.51. The van der Waals surface area contributed by atoms with E-state index in [0.717, 1.165) is 33.9 Å². The average Bonchev–Trinajstić information content (AvgIpc) is 2.85. The molecule has 0 unspecified atom stereocenters. The fraction of sp³-hybridized carbons (Fsp3) is 0.133. The highest BCUT2D eigenvalue weighted by molar-refractivity contribution is 6.31. The molecule has 96 valence electrons. The molecule has 0 bridgehead atoms. The van der Waals surface area contributed by atoms with E-state index >= 15 is 0 Å². The summed E-state index contributed by atoms with van der Waals surface area (Å²) in [4.78, 5) is 4.43. The van der Waals surface area contributed by atoms with E-state index in [4.69, 9.17) is 11.6 Å². The summed E-state index contributed by atoms with van der Waals surface area (Å²) in [6.07, 6.45) is 1.84. The maximum Gasteiger partial charge on any atom is 0.100 e. The van der Waals surface area contributed by atoms with Gasteiger partial charge in [0.05, 0.1) is 16.7 Å². The molecule has 0 aliphatic carbocycles. The summed E-state index contributed by atoms with van der Waals surface area (Å²) in [5.41, 5.74) is 4.21. The molecule has 1 N–H and O–H groups in total. The highest BCUT2D eigenvalue weighted by Gasteiger charge is 2.10. The van der Waals surface area contributed by atoms with Crippen LogP contribution < -0.4 is 5.32 Å². The van der Waals surface area contributed by atoms with Crippen LogP contribution in [0, 0.1) is 0 Å². The van der Waals surface area contributed by atoms with Crippen LogP contribution in [0.25, 0.3) is 16.7 Å². The van der Waals surface area contributed by atoms with Crippen molar-refractivity contribution in [3.63, 3.8) is 0 Å². The minimum atomic E-state index is 0.724. The van der Waals surface area contributed by atoms with Crippen molar-refractivity contribution in [3.8, 4) is 5.69 Å². The minimum absolute atomic E-state index is 0.724. The standard InChI is InChI=1S/C15H14ClN3/c1-17-9-11-12(16)5-4-8-14(11)19-10-18-13-6-2-3-7-15(13)19/h2-8,10,17H,9H2,1H3. The van der Waals surface area contributed by atoms with Gasteiger partial charge in [-0.3, -0.25) is 4.57 Å². The SMILES string of the molecule is CNCc1c(Cl)cccc1-n1cnc2ccccc21. The summed E-state index contributed by atoms with van der Waals surface area (Å²) < 4.78 is 2.08. The number of nitrogens with zero attached hydrogens (tertiary/aromatic N) is 2. The van der Waals surface area contributed by atoms with E-state index in [9.17, 15) is 0 Å². The van der Waals surface area contributed by atoms with E-state index in [2.05, 4.69) is 27.0 Å². The third-order valence-electron chi connectivity index (χ3n) is 3.16. The maximum absolute atomic E-state index is 6.30. The van der Waals surface area contributed by atoms with E-state index in [0.29, 0.717) is 0 Å². The van der Waals surface area contributed by atoms with Crippen LogP contribution >= 0.6 is 11.6 Å². The second-order valence-electron chi connectivity index (χ2n) is 4.37. The summed E-state index contributed by atoms with van der Waals surface area (Å²) in [5.74, 6) is 0. The Morgan fingerprint density at radius 1 is 1.16 bits per heavy atom. The molecule has 0 spiro atoms. The second kappa shape index (κ2) is 5.03. The first-order valence-corrected chi connectivity index (χ1v) is 6.53. The fourth-order valence-electron chi connectivity index (χ4n) is 2.28. The van der Waals surface area contributed by atoms with Gasteiger partial charge in [-0.1, -0.05) is 29.8 Å². The van der Waals surface area contributed by atoms with Gasteiger partial charge in [0.15, 0.2) is 0 Å². The Morgan fingerprint density at radius 2 is 2.00 bits per heavy atom. The molecular formula is C15H14ClN3. The first-order valence-electron chi connectivity index (χ1n) is 6.15. The lowest BCUT2D eigenvalue weighted by atomic mass is 10.1. The number of para-hydroxylation sites is 2. The van der Waals surface area contributed by atoms with E-state index in [1.54, 1.807) is 0 Å². The first-order chi connectivity index (χ1) is 9.31. The van der Waals surface area contributed by atoms with E-state index in [-0.39, 0.29) is 0 Å². The molecule has 0 saturated carbocycles. The predicted molar refractivity (Wildman–Crippen MR) is 78.8 cm³/mol. The van der Waals surface area contributed by atoms with Crippen molar-refractivity contribution >= 4 is 22.6 Å². The number of benzene rings is 2. The fourth-order valence-corrected chi connectivity index (χ4v) is 2.51. The number of halogens is 1. The number of hydrogen-bond donors (Lipinski definition) is 1. The molecular weight excluding hydrogens is 258 g/mol. The lowest BCUT2D eigenvalue weighted by molar-refractivity contribution is 0.809. The summed E-state index contributed by atoms with van der Waals surface area (Å²) in [6.45, 7) is 0.724. The van der Waals surface area contributed by atoms with E-state index in [1.165, 1.54) is 0 Å². The molecule has 0 saturated heterocycles. The molecule has 0 amide bonds. The molecule has 1 heterocycles. The van der Waals surface area contributed by atoms with Crippen LogP contribution in [0.5, 0.6) is 0 Å². The highest BCUT2D eigenvalue weighted by atomic mass is 35.5. The van der Waals surface area contributed by atoms with Gasteiger partial charge in [-0.15, -0.1) is 0 Å². The van der Waals surface area contributed by atoms with E-state index in [1.807, 2.05) is 43.7 Å². The summed E-state index contributed by atoms with van der Waals surface area (Å²) in [5, 5.41) is 3.93. The summed E-state index contributed by atoms with van der Waals surface area (Å²) >= 11 is 6.30. The predicted octanol–water partition coefficient (Wildman–Crippen LogP) is 3.40. The maximum atomic E-state index is 6.30. The van der Waals surface area contributed by atoms with Crippen molar-refractivity contribution in [2.24, 2.45) is 0 Å². The Labute approximate surface area is 116 Å². The van der Waals surface area contributed by atoms with Gasteiger partial charge >= 0.3 is 0 Å². The Hall–Kier alpha value is -1.84. The second-order valence-corrected chi connectivity index (χ2v) is 4.78. The van der Waals surface area contributed by atoms with Crippen LogP contribution in [0.15, 0.2) is 48.8 Å². The number of rotatable bonds is 3. The zero-order valence-corrected chi connectivity index (χ0v) is 11.4. The van der Waals surface area contributed by atoms with Crippen molar-refractivity contribution in [3.05, 3.63) is 59.4 Å². The molecule has 19 heavy (non-hydrogen) atoms. The molecule has 3 rings (SSSR count). The molecule has 0 fully saturated rings. The average molecular weight is 272 g/mol. The quantitative estimate of drug-likeness (QED) is 0.791. The summed E-state index contributed by atoms with van der Waals surface area (Å²) in [6, 6.07) is 14.0. The molecule has 0 aliphatic rings. The van der Waals surface area contributed by atoms with Gasteiger partial charge in [-0.2, -0.15) is 0 Å². The molecule has 4 heteroatoms. The van der Waals surface area contributed by atoms with Gasteiger partial charge in [0.2, 0.25) is 0 Å². The Kier molecular flexibility index (Phi) is 3.23. The Bertz CT molecular complexity index is 718. The van der Waals surface area contributed by atoms with Crippen molar-refractivity contribution < 1.29 is 0 Å². The number of imidazole rings is 1. The van der Waals surface area contributed by atoms with Crippen molar-refractivity contribution in [1.82, 2.24) is 14.9 Å². The lowest BCUT2D eigenvalue weighted by Gasteiger charge is -2.12. The lowest BCUT2D eigenvalue weighted by Crippen LogP contribution is -2.09. The van der Waals surface area contributed by atoms with Crippen molar-refractivity contribution in [1.29, 1.82) is 0 Å². The van der Waals surface area contributed by atoms with Crippen molar-refractivity contribution in [2.75, 3.05) is 7.05 Å². The van der Waals surface area contributed by atoms with Crippen LogP contribution in [-0.2, 0) is 6.54 Å². The van der Waals surface area contributed by atoms with Gasteiger partial charge in [-0.05, 0) is 31.3 Å². The zero-order valence-electron chi connectivity index (χ0n) is 10.6. The third kappa shape index (κ3) is 2.11. The number of hydrogen-bond acceptors (Lipinski definition) is 2. The van der Waals surface area contributed by atoms with E-state index < -0.39 is 0 Å². The van der Waals surface area contributed by atoms with Crippen LogP contribution in [0.4, 0.5) is 0 Å². The largest absolute Gasteiger partial charge is 0.316 e. The van der Waals surface area contributed by atoms with Gasteiger partial charge in [-0.25, -0.2) is 4.98 Å². The van der Waals surface area contributed by atoms with Crippen LogP contribution in [0.2, 0.25) is 5.02 Å². The molecule has 0 radical (unpaired) electrons. The molecule has 0 aliphatic heterocycles. The normalized spacial score (nSPS) is 11.1. The van der Waals surface area contributed by atoms with Gasteiger partial charge in [0, 0.05) is 17.1 Å². The monoisotopic (exact) mass is 271 g/mol. The first kappa shape index (κ1) is 12.2. The van der Waals surface area contributed by atoms with Crippen molar-refractivity contribution in [2.45, 2.75) is 6.54 Å². The molecule has 3 nitrogen and oxygen atoms in total. The number of aromatic nitrogens is 2. The molecule has 3 aromatic rings. The van der Waals surface area contributed by atoms with Gasteiger partial charge in [0.1, 0.15) is 6.33 Å². The van der Waals surface area contributed by atoms with Crippen LogP contribution in [0.1, 0.15) is 5.56 Å². The van der Waals surface area contributed by atoms with Gasteiger partial charge in [0.25, 0.3) is 0 Å². The molecule has 1 aromatic heterocycles. The highest BCUT2D eigenvalue weighted by Crippen LogP contribution is 2.26. The Balaban J connectivity index is 2.24. The smallest absolute Gasteiger partial charge is 0.100 e. The number of fused-ring (bicyclic) bond motifs is 1. The van der Waals surface area contributed by atoms with Crippen LogP contribution in [-0.4, -0.2) is 16.6 Å². The zero-order chi connectivity index (χ0) is 13.2. The Morgan fingerprint density at radius 3 is 2.84 bits per heavy atom. The topological polar surface area (TPSA) is 29.9 Å². The van der Waals surface area contributed by atoms with Gasteiger partial charge < -0.3 is 5.32 Å².